The second kappa shape index (κ2) is 8.43. The second-order valence-corrected chi connectivity index (χ2v) is 5.92. The molecular formula is C18H19NO5S. The third-order valence-corrected chi connectivity index (χ3v) is 4.19. The van der Waals surface area contributed by atoms with Gasteiger partial charge in [-0.1, -0.05) is 36.4 Å². The Balaban J connectivity index is 2.19. The van der Waals surface area contributed by atoms with Crippen LogP contribution in [0.3, 0.4) is 0 Å². The number of nitrogens with one attached hydrogen (secondary N) is 1. The van der Waals surface area contributed by atoms with Crippen LogP contribution < -0.4 is 5.32 Å². The molecule has 0 fully saturated rings. The van der Waals surface area contributed by atoms with Crippen molar-refractivity contribution in [2.75, 3.05) is 5.75 Å². The van der Waals surface area contributed by atoms with Gasteiger partial charge >= 0.3 is 5.97 Å². The van der Waals surface area contributed by atoms with Gasteiger partial charge in [-0.25, -0.2) is 4.79 Å². The average Bonchev–Trinajstić information content (AvgIpc) is 2.70. The fourth-order valence-corrected chi connectivity index (χ4v) is 2.69. The van der Waals surface area contributed by atoms with Gasteiger partial charge in [0.25, 0.3) is 2.86 Å². The van der Waals surface area contributed by atoms with E-state index in [2.05, 4.69) is 28.2 Å². The SMILES string of the molecule is [2H]Oc1ccc(C(NC(=O)C(CS)Cc2ccccc2)C(=O)O)cc1O[2H]. The van der Waals surface area contributed by atoms with E-state index in [-0.39, 0.29) is 22.8 Å². The molecule has 0 saturated heterocycles. The van der Waals surface area contributed by atoms with Crippen molar-refractivity contribution < 1.29 is 24.9 Å². The maximum atomic E-state index is 12.6. The van der Waals surface area contributed by atoms with Gasteiger partial charge in [0.2, 0.25) is 5.91 Å². The number of phenols is 2. The van der Waals surface area contributed by atoms with E-state index in [0.29, 0.717) is 6.42 Å². The van der Waals surface area contributed by atoms with Crippen molar-refractivity contribution in [3.8, 4) is 11.5 Å². The van der Waals surface area contributed by atoms with Gasteiger partial charge in [0.15, 0.2) is 17.5 Å². The number of phenolic OH excluding ortho intramolecular Hbond substituents is 2. The van der Waals surface area contributed by atoms with Gasteiger partial charge in [0.1, 0.15) is 0 Å². The van der Waals surface area contributed by atoms with Crippen LogP contribution in [0.2, 0.25) is 0 Å². The first-order chi connectivity index (χ1) is 13.0. The molecule has 4 N–H and O–H groups in total. The monoisotopic (exact) mass is 363 g/mol. The summed E-state index contributed by atoms with van der Waals surface area (Å²) >= 11 is 4.21. The van der Waals surface area contributed by atoms with Gasteiger partial charge in [-0.05, 0) is 29.7 Å². The number of amides is 1. The highest BCUT2D eigenvalue weighted by Crippen LogP contribution is 2.28. The minimum atomic E-state index is -1.34. The van der Waals surface area contributed by atoms with E-state index in [4.69, 9.17) is 2.86 Å². The highest BCUT2D eigenvalue weighted by molar-refractivity contribution is 7.80. The predicted molar refractivity (Wildman–Crippen MR) is 95.8 cm³/mol. The molecule has 0 aromatic heterocycles. The number of hydrogen-bond acceptors (Lipinski definition) is 5. The number of aromatic hydroxyl groups is 2. The van der Waals surface area contributed by atoms with Crippen molar-refractivity contribution in [1.29, 1.82) is 2.86 Å². The number of aliphatic carboxylic acids is 1. The van der Waals surface area contributed by atoms with Gasteiger partial charge in [0.05, 0.1) is 5.92 Å². The minimum absolute atomic E-state index is 0.0403. The van der Waals surface area contributed by atoms with Crippen LogP contribution in [0.5, 0.6) is 11.5 Å². The first-order valence-corrected chi connectivity index (χ1v) is 8.21. The van der Waals surface area contributed by atoms with Crippen molar-refractivity contribution in [2.45, 2.75) is 12.5 Å². The molecule has 2 aromatic rings. The Morgan fingerprint density at radius 2 is 1.84 bits per heavy atom. The van der Waals surface area contributed by atoms with Crippen LogP contribution in [0.1, 0.15) is 17.2 Å². The number of carboxylic acid groups (broad SMARTS) is 1. The molecule has 2 rings (SSSR count). The molecule has 0 aliphatic carbocycles. The molecular weight excluding hydrogens is 342 g/mol. The third kappa shape index (κ3) is 4.90. The smallest absolute Gasteiger partial charge is 0.330 e. The van der Waals surface area contributed by atoms with E-state index in [1.165, 1.54) is 18.2 Å². The number of carboxylic acids is 1. The van der Waals surface area contributed by atoms with Crippen LogP contribution in [-0.4, -0.2) is 35.8 Å². The van der Waals surface area contributed by atoms with Crippen LogP contribution in [0.15, 0.2) is 48.5 Å². The quantitative estimate of drug-likeness (QED) is 0.347. The number of carbonyl (C=O) groups is 2. The standard InChI is InChI=1S/C18H19NO5S/c20-14-7-6-12(9-15(14)21)16(18(23)24)19-17(22)13(10-25)8-11-4-2-1-3-5-11/h1-7,9,13,16,20-21,25H,8,10H2,(H,19,22)(H,23,24)/i/hD2. The maximum absolute atomic E-state index is 12.6. The largest absolute Gasteiger partial charge is 0.504 e. The molecule has 0 saturated carbocycles. The molecule has 132 valence electrons. The lowest BCUT2D eigenvalue weighted by molar-refractivity contribution is -0.142. The molecule has 7 heteroatoms. The van der Waals surface area contributed by atoms with Gasteiger partial charge in [-0.2, -0.15) is 12.6 Å². The molecule has 0 spiro atoms. The zero-order chi connectivity index (χ0) is 19.8. The summed E-state index contributed by atoms with van der Waals surface area (Å²) in [6, 6.07) is 11.9. The second-order valence-electron chi connectivity index (χ2n) is 5.56. The van der Waals surface area contributed by atoms with E-state index < -0.39 is 23.8 Å². The highest BCUT2D eigenvalue weighted by Gasteiger charge is 2.26. The Bertz CT molecular complexity index is 791. The summed E-state index contributed by atoms with van der Waals surface area (Å²) in [5.41, 5.74) is 1.14. The first-order valence-electron chi connectivity index (χ1n) is 8.40. The molecule has 1 amide bonds. The summed E-state index contributed by atoms with van der Waals surface area (Å²) in [6.45, 7) is 0. The number of carbonyl (C=O) groups excluding carboxylic acids is 1. The van der Waals surface area contributed by atoms with Crippen molar-refractivity contribution in [3.63, 3.8) is 0 Å². The van der Waals surface area contributed by atoms with E-state index in [1.807, 2.05) is 30.3 Å². The lowest BCUT2D eigenvalue weighted by atomic mass is 9.99. The Morgan fingerprint density at radius 1 is 1.12 bits per heavy atom. The molecule has 0 bridgehead atoms. The summed E-state index contributed by atoms with van der Waals surface area (Å²) in [5, 5.41) is 20.7. The molecule has 6 nitrogen and oxygen atoms in total. The fraction of sp³-hybridized carbons (Fsp3) is 0.222. The van der Waals surface area contributed by atoms with E-state index >= 15 is 0 Å². The Kier molecular flexibility index (Phi) is 5.34. The Morgan fingerprint density at radius 3 is 2.44 bits per heavy atom. The lowest BCUT2D eigenvalue weighted by Gasteiger charge is -2.20. The Labute approximate surface area is 153 Å². The number of thiol groups is 1. The molecule has 0 aliphatic heterocycles. The minimum Gasteiger partial charge on any atom is -0.504 e. The van der Waals surface area contributed by atoms with Crippen molar-refractivity contribution in [3.05, 3.63) is 59.7 Å². The number of rotatable bonds is 9. The summed E-state index contributed by atoms with van der Waals surface area (Å²) < 4.78 is 13.9. The van der Waals surface area contributed by atoms with Crippen LogP contribution in [0.25, 0.3) is 0 Å². The van der Waals surface area contributed by atoms with Gasteiger partial charge < -0.3 is 20.6 Å². The normalized spacial score (nSPS) is 13.8. The van der Waals surface area contributed by atoms with Crippen molar-refractivity contribution in [1.82, 2.24) is 5.32 Å². The Hall–Kier alpha value is -2.67. The summed E-state index contributed by atoms with van der Waals surface area (Å²) in [6.07, 6.45) is 0.426. The molecule has 2 atom stereocenters. The number of hydrogen-bond donors (Lipinski definition) is 5. The van der Waals surface area contributed by atoms with Crippen molar-refractivity contribution >= 4 is 24.5 Å². The average molecular weight is 363 g/mol. The fourth-order valence-electron chi connectivity index (χ4n) is 2.39. The molecule has 0 aliphatic rings. The van der Waals surface area contributed by atoms with Crippen LogP contribution in [0, 0.1) is 5.92 Å². The van der Waals surface area contributed by atoms with Crippen LogP contribution in [-0.2, 0) is 16.0 Å². The molecule has 2 unspecified atom stereocenters. The van der Waals surface area contributed by atoms with Crippen molar-refractivity contribution in [2.24, 2.45) is 5.92 Å². The van der Waals surface area contributed by atoms with Crippen LogP contribution >= 0.6 is 12.6 Å². The zero-order valence-corrected chi connectivity index (χ0v) is 14.1. The molecule has 0 radical (unpaired) electrons. The third-order valence-electron chi connectivity index (χ3n) is 3.75. The van der Waals surface area contributed by atoms with Gasteiger partial charge in [0, 0.05) is 5.75 Å². The van der Waals surface area contributed by atoms with Gasteiger partial charge in [-0.15, -0.1) is 0 Å². The predicted octanol–water partition coefficient (Wildman–Crippen LogP) is 2.13. The number of benzene rings is 2. The van der Waals surface area contributed by atoms with E-state index in [0.717, 1.165) is 5.56 Å². The van der Waals surface area contributed by atoms with Gasteiger partial charge in [-0.3, -0.25) is 4.79 Å². The summed E-state index contributed by atoms with van der Waals surface area (Å²) in [4.78, 5) is 24.3. The van der Waals surface area contributed by atoms with Crippen LogP contribution in [0.4, 0.5) is 0 Å². The summed E-state index contributed by atoms with van der Waals surface area (Å²) in [7, 11) is 0. The maximum Gasteiger partial charge on any atom is 0.330 e. The zero-order valence-electron chi connectivity index (χ0n) is 15.2. The summed E-state index contributed by atoms with van der Waals surface area (Å²) in [5.74, 6) is -2.15. The topological polar surface area (TPSA) is 107 Å². The van der Waals surface area contributed by atoms with E-state index in [9.17, 15) is 14.7 Å². The van der Waals surface area contributed by atoms with E-state index in [1.54, 1.807) is 0 Å². The lowest BCUT2D eigenvalue weighted by Crippen LogP contribution is -2.39. The molecule has 25 heavy (non-hydrogen) atoms. The molecule has 2 aromatic carbocycles. The first kappa shape index (κ1) is 15.8. The highest BCUT2D eigenvalue weighted by atomic mass is 32.1. The molecule has 0 heterocycles.